The van der Waals surface area contributed by atoms with Crippen LogP contribution >= 0.6 is 0 Å². The standard InChI is InChI=1S/C10H10N2O.C2H6/c1-3-5-9(4-2)10(13)12-7-6-11-8-12;1-2/h3-8H,1-2H2;1-2H3/b9-5+;. The van der Waals surface area contributed by atoms with Gasteiger partial charge in [-0.1, -0.05) is 45.2 Å². The number of hydrogen-bond donors (Lipinski definition) is 0. The summed E-state index contributed by atoms with van der Waals surface area (Å²) in [6, 6.07) is 0. The second-order valence-corrected chi connectivity index (χ2v) is 2.34. The Morgan fingerprint density at radius 3 is 2.47 bits per heavy atom. The summed E-state index contributed by atoms with van der Waals surface area (Å²) >= 11 is 0. The SMILES string of the molecule is C=C/C=C(\C=C)C(=O)n1ccnc1.CC. The van der Waals surface area contributed by atoms with Gasteiger partial charge in [-0.2, -0.15) is 0 Å². The Hall–Kier alpha value is -1.90. The summed E-state index contributed by atoms with van der Waals surface area (Å²) in [7, 11) is 0. The molecule has 3 heteroatoms. The van der Waals surface area contributed by atoms with E-state index in [4.69, 9.17) is 0 Å². The third-order valence-corrected chi connectivity index (χ3v) is 1.50. The van der Waals surface area contributed by atoms with Crippen molar-refractivity contribution in [2.45, 2.75) is 13.8 Å². The van der Waals surface area contributed by atoms with Crippen LogP contribution in [-0.2, 0) is 0 Å². The molecule has 0 unspecified atom stereocenters. The van der Waals surface area contributed by atoms with Crippen LogP contribution < -0.4 is 0 Å². The molecule has 1 aromatic heterocycles. The number of allylic oxidation sites excluding steroid dienone is 4. The Morgan fingerprint density at radius 2 is 2.07 bits per heavy atom. The van der Waals surface area contributed by atoms with Crippen LogP contribution in [0.1, 0.15) is 18.6 Å². The van der Waals surface area contributed by atoms with Gasteiger partial charge in [0.1, 0.15) is 6.33 Å². The van der Waals surface area contributed by atoms with Gasteiger partial charge in [0.15, 0.2) is 0 Å². The molecule has 1 heterocycles. The molecule has 0 saturated carbocycles. The summed E-state index contributed by atoms with van der Waals surface area (Å²) < 4.78 is 1.39. The first-order chi connectivity index (χ1) is 7.29. The molecule has 0 atom stereocenters. The van der Waals surface area contributed by atoms with Crippen LogP contribution in [0.5, 0.6) is 0 Å². The minimum atomic E-state index is -0.160. The van der Waals surface area contributed by atoms with E-state index in [0.717, 1.165) is 0 Å². The molecule has 0 aliphatic carbocycles. The molecule has 0 bridgehead atoms. The smallest absolute Gasteiger partial charge is 0.263 e. The van der Waals surface area contributed by atoms with E-state index in [2.05, 4.69) is 18.1 Å². The largest absolute Gasteiger partial charge is 0.272 e. The quantitative estimate of drug-likeness (QED) is 0.560. The summed E-state index contributed by atoms with van der Waals surface area (Å²) in [5.41, 5.74) is 0.494. The molecule has 0 N–H and O–H groups in total. The lowest BCUT2D eigenvalue weighted by Crippen LogP contribution is -2.09. The van der Waals surface area contributed by atoms with Gasteiger partial charge in [-0.05, 0) is 0 Å². The van der Waals surface area contributed by atoms with E-state index in [1.54, 1.807) is 24.5 Å². The molecule has 80 valence electrons. The number of aromatic nitrogens is 2. The van der Waals surface area contributed by atoms with Gasteiger partial charge in [0.2, 0.25) is 0 Å². The Bertz CT molecular complexity index is 348. The van der Waals surface area contributed by atoms with E-state index in [1.165, 1.54) is 17.0 Å². The molecule has 0 aliphatic rings. The molecule has 15 heavy (non-hydrogen) atoms. The van der Waals surface area contributed by atoms with Crippen LogP contribution in [0.15, 0.2) is 55.7 Å². The Kier molecular flexibility index (Phi) is 6.55. The first kappa shape index (κ1) is 13.1. The molecule has 3 nitrogen and oxygen atoms in total. The van der Waals surface area contributed by atoms with Crippen molar-refractivity contribution in [2.75, 3.05) is 0 Å². The van der Waals surface area contributed by atoms with Crippen LogP contribution in [0.3, 0.4) is 0 Å². The number of nitrogens with zero attached hydrogens (tertiary/aromatic N) is 2. The Labute approximate surface area is 90.5 Å². The van der Waals surface area contributed by atoms with Crippen molar-refractivity contribution in [1.82, 2.24) is 9.55 Å². The van der Waals surface area contributed by atoms with Crippen molar-refractivity contribution in [2.24, 2.45) is 0 Å². The fraction of sp³-hybridized carbons (Fsp3) is 0.167. The monoisotopic (exact) mass is 204 g/mol. The summed E-state index contributed by atoms with van der Waals surface area (Å²) in [6.07, 6.45) is 9.23. The van der Waals surface area contributed by atoms with E-state index in [9.17, 15) is 4.79 Å². The minimum absolute atomic E-state index is 0.160. The van der Waals surface area contributed by atoms with E-state index in [-0.39, 0.29) is 5.91 Å². The maximum atomic E-state index is 11.6. The van der Waals surface area contributed by atoms with Gasteiger partial charge >= 0.3 is 0 Å². The highest BCUT2D eigenvalue weighted by Crippen LogP contribution is 2.01. The van der Waals surface area contributed by atoms with Crippen LogP contribution in [0, 0.1) is 0 Å². The van der Waals surface area contributed by atoms with Crippen molar-refractivity contribution in [3.63, 3.8) is 0 Å². The third-order valence-electron chi connectivity index (χ3n) is 1.50. The molecule has 0 aliphatic heterocycles. The third kappa shape index (κ3) is 3.77. The van der Waals surface area contributed by atoms with Crippen molar-refractivity contribution in [3.05, 3.63) is 55.7 Å². The maximum Gasteiger partial charge on any atom is 0.263 e. The zero-order chi connectivity index (χ0) is 11.7. The van der Waals surface area contributed by atoms with Gasteiger partial charge in [-0.3, -0.25) is 9.36 Å². The number of carbonyl (C=O) groups excluding carboxylic acids is 1. The minimum Gasteiger partial charge on any atom is -0.272 e. The van der Waals surface area contributed by atoms with Gasteiger partial charge in [-0.15, -0.1) is 0 Å². The highest BCUT2D eigenvalue weighted by Gasteiger charge is 2.05. The fourth-order valence-electron chi connectivity index (χ4n) is 0.882. The van der Waals surface area contributed by atoms with Crippen molar-refractivity contribution in [1.29, 1.82) is 0 Å². The molecular weight excluding hydrogens is 188 g/mol. The normalized spacial score (nSPS) is 9.87. The molecule has 0 aromatic carbocycles. The van der Waals surface area contributed by atoms with Crippen molar-refractivity contribution in [3.8, 4) is 0 Å². The lowest BCUT2D eigenvalue weighted by molar-refractivity contribution is 0.0959. The summed E-state index contributed by atoms with van der Waals surface area (Å²) in [4.78, 5) is 15.3. The molecule has 0 radical (unpaired) electrons. The number of rotatable bonds is 3. The first-order valence-corrected chi connectivity index (χ1v) is 4.77. The van der Waals surface area contributed by atoms with Crippen LogP contribution in [-0.4, -0.2) is 15.5 Å². The molecule has 0 saturated heterocycles. The van der Waals surface area contributed by atoms with Crippen LogP contribution in [0.2, 0.25) is 0 Å². The van der Waals surface area contributed by atoms with E-state index >= 15 is 0 Å². The highest BCUT2D eigenvalue weighted by atomic mass is 16.2. The van der Waals surface area contributed by atoms with Crippen molar-refractivity contribution < 1.29 is 4.79 Å². The van der Waals surface area contributed by atoms with Gasteiger partial charge in [0.05, 0.1) is 0 Å². The van der Waals surface area contributed by atoms with Crippen LogP contribution in [0.25, 0.3) is 0 Å². The molecular formula is C12H16N2O. The highest BCUT2D eigenvalue weighted by molar-refractivity contribution is 5.97. The maximum absolute atomic E-state index is 11.6. The molecule has 1 aromatic rings. The zero-order valence-corrected chi connectivity index (χ0v) is 9.18. The average Bonchev–Trinajstić information content (AvgIpc) is 2.81. The summed E-state index contributed by atoms with van der Waals surface area (Å²) in [6.45, 7) is 11.1. The van der Waals surface area contributed by atoms with Gasteiger partial charge in [0.25, 0.3) is 5.91 Å². The molecule has 1 rings (SSSR count). The first-order valence-electron chi connectivity index (χ1n) is 4.77. The lowest BCUT2D eigenvalue weighted by atomic mass is 10.2. The number of carbonyl (C=O) groups is 1. The van der Waals surface area contributed by atoms with Crippen molar-refractivity contribution >= 4 is 5.91 Å². The average molecular weight is 204 g/mol. The number of hydrogen-bond acceptors (Lipinski definition) is 2. The van der Waals surface area contributed by atoms with Gasteiger partial charge < -0.3 is 0 Å². The second-order valence-electron chi connectivity index (χ2n) is 2.34. The molecule has 0 spiro atoms. The van der Waals surface area contributed by atoms with E-state index in [1.807, 2.05) is 13.8 Å². The number of imidazole rings is 1. The molecule has 0 amide bonds. The Morgan fingerprint density at radius 1 is 1.40 bits per heavy atom. The van der Waals surface area contributed by atoms with Gasteiger partial charge in [-0.25, -0.2) is 4.98 Å². The predicted molar refractivity (Wildman–Crippen MR) is 62.7 cm³/mol. The fourth-order valence-corrected chi connectivity index (χ4v) is 0.882. The topological polar surface area (TPSA) is 34.9 Å². The zero-order valence-electron chi connectivity index (χ0n) is 9.18. The predicted octanol–water partition coefficient (Wildman–Crippen LogP) is 2.85. The summed E-state index contributed by atoms with van der Waals surface area (Å²) in [5.74, 6) is -0.160. The van der Waals surface area contributed by atoms with E-state index in [0.29, 0.717) is 5.57 Å². The molecule has 0 fully saturated rings. The van der Waals surface area contributed by atoms with Crippen LogP contribution in [0.4, 0.5) is 0 Å². The van der Waals surface area contributed by atoms with E-state index < -0.39 is 0 Å². The van der Waals surface area contributed by atoms with Gasteiger partial charge in [0, 0.05) is 18.0 Å². The lowest BCUT2D eigenvalue weighted by Gasteiger charge is -1.99. The Balaban J connectivity index is 0.000000921. The summed E-state index contributed by atoms with van der Waals surface area (Å²) in [5, 5.41) is 0. The second kappa shape index (κ2) is 7.50.